The van der Waals surface area contributed by atoms with Gasteiger partial charge in [0.2, 0.25) is 5.75 Å². The van der Waals surface area contributed by atoms with E-state index in [9.17, 15) is 10.1 Å². The summed E-state index contributed by atoms with van der Waals surface area (Å²) in [7, 11) is 1.40. The molecule has 0 saturated carbocycles. The first-order valence-electron chi connectivity index (χ1n) is 5.56. The minimum absolute atomic E-state index is 0.183. The van der Waals surface area contributed by atoms with Gasteiger partial charge in [-0.2, -0.15) is 0 Å². The molecule has 2 rings (SSSR count). The molecule has 1 aromatic carbocycles. The lowest BCUT2D eigenvalue weighted by Crippen LogP contribution is -1.96. The van der Waals surface area contributed by atoms with Crippen LogP contribution in [0.25, 0.3) is 0 Å². The fourth-order valence-electron chi connectivity index (χ4n) is 1.53. The first-order chi connectivity index (χ1) is 9.20. The van der Waals surface area contributed by atoms with Gasteiger partial charge in [0.15, 0.2) is 6.20 Å². The quantitative estimate of drug-likeness (QED) is 0.476. The number of benzene rings is 1. The van der Waals surface area contributed by atoms with Crippen LogP contribution in [0.3, 0.4) is 0 Å². The Bertz CT molecular complexity index is 575. The Morgan fingerprint density at radius 3 is 2.74 bits per heavy atom. The fraction of sp³-hybridized carbons (Fsp3) is 0.154. The summed E-state index contributed by atoms with van der Waals surface area (Å²) in [4.78, 5) is 14.8. The molecule has 2 aromatic rings. The Morgan fingerprint density at radius 2 is 2.11 bits per heavy atom. The van der Waals surface area contributed by atoms with E-state index in [2.05, 4.69) is 4.98 Å². The summed E-state index contributed by atoms with van der Waals surface area (Å²) in [6, 6.07) is 11.6. The highest BCUT2D eigenvalue weighted by molar-refractivity contribution is 7.98. The van der Waals surface area contributed by atoms with E-state index in [0.29, 0.717) is 0 Å². The molecule has 0 fully saturated rings. The number of nitrogens with zero attached hydrogens (tertiary/aromatic N) is 2. The normalized spacial score (nSPS) is 10.2. The van der Waals surface area contributed by atoms with Crippen LogP contribution < -0.4 is 4.74 Å². The van der Waals surface area contributed by atoms with Gasteiger partial charge in [-0.3, -0.25) is 0 Å². The lowest BCUT2D eigenvalue weighted by molar-refractivity contribution is -0.390. The topological polar surface area (TPSA) is 65.3 Å². The monoisotopic (exact) mass is 276 g/mol. The fourth-order valence-corrected chi connectivity index (χ4v) is 2.37. The second kappa shape index (κ2) is 6.19. The van der Waals surface area contributed by atoms with Crippen molar-refractivity contribution in [2.75, 3.05) is 7.11 Å². The zero-order valence-corrected chi connectivity index (χ0v) is 11.1. The minimum Gasteiger partial charge on any atom is -0.489 e. The van der Waals surface area contributed by atoms with Crippen LogP contribution in [-0.4, -0.2) is 17.0 Å². The molecule has 0 amide bonds. The smallest absolute Gasteiger partial charge is 0.406 e. The third kappa shape index (κ3) is 3.45. The molecule has 6 heteroatoms. The molecule has 0 aliphatic rings. The minimum atomic E-state index is -0.551. The molecule has 1 heterocycles. The van der Waals surface area contributed by atoms with Crippen molar-refractivity contribution >= 4 is 17.6 Å². The Morgan fingerprint density at radius 1 is 1.37 bits per heavy atom. The van der Waals surface area contributed by atoms with E-state index in [1.54, 1.807) is 17.8 Å². The molecule has 0 atom stereocenters. The molecule has 1 aromatic heterocycles. The second-order valence-electron chi connectivity index (χ2n) is 3.73. The number of ether oxygens (including phenoxy) is 1. The van der Waals surface area contributed by atoms with Crippen LogP contribution in [0, 0.1) is 10.1 Å². The molecule has 0 bridgehead atoms. The summed E-state index contributed by atoms with van der Waals surface area (Å²) in [6.07, 6.45) is 1.49. The average molecular weight is 276 g/mol. The van der Waals surface area contributed by atoms with E-state index in [-0.39, 0.29) is 11.6 Å². The first-order valence-corrected chi connectivity index (χ1v) is 6.54. The number of aromatic nitrogens is 1. The van der Waals surface area contributed by atoms with Gasteiger partial charge >= 0.3 is 5.82 Å². The highest BCUT2D eigenvalue weighted by Gasteiger charge is 2.17. The molecule has 0 unspecified atom stereocenters. The van der Waals surface area contributed by atoms with Crippen LogP contribution in [0.4, 0.5) is 5.82 Å². The Hall–Kier alpha value is -2.08. The number of rotatable bonds is 5. The third-order valence-corrected chi connectivity index (χ3v) is 3.48. The Balaban J connectivity index is 2.11. The Kier molecular flexibility index (Phi) is 4.35. The molecule has 0 radical (unpaired) electrons. The predicted octanol–water partition coefficient (Wildman–Crippen LogP) is 3.29. The van der Waals surface area contributed by atoms with E-state index in [4.69, 9.17) is 4.74 Å². The SMILES string of the molecule is COc1cc(SCc2ccccc2)cnc1[N+](=O)[O-]. The standard InChI is InChI=1S/C13H12N2O3S/c1-18-12-7-11(8-14-13(12)15(16)17)19-9-10-5-3-2-4-6-10/h2-8H,9H2,1H3. The summed E-state index contributed by atoms with van der Waals surface area (Å²) in [5.74, 6) is 0.707. The van der Waals surface area contributed by atoms with Gasteiger partial charge in [0.1, 0.15) is 0 Å². The predicted molar refractivity (Wildman–Crippen MR) is 73.4 cm³/mol. The van der Waals surface area contributed by atoms with Crippen LogP contribution in [0.15, 0.2) is 47.5 Å². The first kappa shape index (κ1) is 13.4. The molecular formula is C13H12N2O3S. The summed E-state index contributed by atoms with van der Waals surface area (Å²) in [5.41, 5.74) is 1.19. The van der Waals surface area contributed by atoms with Gasteiger partial charge in [-0.1, -0.05) is 30.3 Å². The summed E-state index contributed by atoms with van der Waals surface area (Å²) < 4.78 is 4.98. The van der Waals surface area contributed by atoms with Crippen LogP contribution in [0.5, 0.6) is 5.75 Å². The molecule has 5 nitrogen and oxygen atoms in total. The lowest BCUT2D eigenvalue weighted by Gasteiger charge is -2.04. The van der Waals surface area contributed by atoms with Gasteiger partial charge in [-0.15, -0.1) is 11.8 Å². The average Bonchev–Trinajstić information content (AvgIpc) is 2.45. The summed E-state index contributed by atoms with van der Waals surface area (Å²) in [6.45, 7) is 0. The van der Waals surface area contributed by atoms with E-state index >= 15 is 0 Å². The summed E-state index contributed by atoms with van der Waals surface area (Å²) in [5, 5.41) is 10.7. The maximum absolute atomic E-state index is 10.7. The maximum Gasteiger partial charge on any atom is 0.406 e. The van der Waals surface area contributed by atoms with Crippen molar-refractivity contribution in [1.29, 1.82) is 0 Å². The molecule has 0 aliphatic carbocycles. The number of thioether (sulfide) groups is 1. The van der Waals surface area contributed by atoms with Crippen molar-refractivity contribution in [1.82, 2.24) is 4.98 Å². The van der Waals surface area contributed by atoms with Crippen molar-refractivity contribution in [2.24, 2.45) is 0 Å². The molecular weight excluding hydrogens is 264 g/mol. The zero-order valence-electron chi connectivity index (χ0n) is 10.3. The maximum atomic E-state index is 10.7. The lowest BCUT2D eigenvalue weighted by atomic mass is 10.2. The van der Waals surface area contributed by atoms with Crippen molar-refractivity contribution < 1.29 is 9.66 Å². The van der Waals surface area contributed by atoms with Crippen molar-refractivity contribution in [3.05, 3.63) is 58.3 Å². The van der Waals surface area contributed by atoms with Gasteiger partial charge in [-0.05, 0) is 15.5 Å². The van der Waals surface area contributed by atoms with Crippen molar-refractivity contribution in [2.45, 2.75) is 10.6 Å². The van der Waals surface area contributed by atoms with Gasteiger partial charge in [0.05, 0.1) is 12.0 Å². The highest BCUT2D eigenvalue weighted by atomic mass is 32.2. The van der Waals surface area contributed by atoms with Crippen molar-refractivity contribution in [3.63, 3.8) is 0 Å². The van der Waals surface area contributed by atoms with E-state index in [1.165, 1.54) is 18.9 Å². The molecule has 19 heavy (non-hydrogen) atoms. The summed E-state index contributed by atoms with van der Waals surface area (Å²) >= 11 is 1.56. The van der Waals surface area contributed by atoms with Crippen LogP contribution in [0.1, 0.15) is 5.56 Å². The van der Waals surface area contributed by atoms with Crippen LogP contribution in [0.2, 0.25) is 0 Å². The number of hydrogen-bond acceptors (Lipinski definition) is 5. The van der Waals surface area contributed by atoms with Gasteiger partial charge in [0.25, 0.3) is 0 Å². The molecule has 0 N–H and O–H groups in total. The van der Waals surface area contributed by atoms with Gasteiger partial charge in [0, 0.05) is 11.8 Å². The number of methoxy groups -OCH3 is 1. The highest BCUT2D eigenvalue weighted by Crippen LogP contribution is 2.30. The van der Waals surface area contributed by atoms with E-state index < -0.39 is 4.92 Å². The molecule has 0 spiro atoms. The Labute approximate surface area is 114 Å². The molecule has 0 saturated heterocycles. The van der Waals surface area contributed by atoms with E-state index in [0.717, 1.165) is 10.6 Å². The van der Waals surface area contributed by atoms with Crippen molar-refractivity contribution in [3.8, 4) is 5.75 Å². The second-order valence-corrected chi connectivity index (χ2v) is 4.78. The molecule has 0 aliphatic heterocycles. The largest absolute Gasteiger partial charge is 0.489 e. The number of nitro groups is 1. The number of hydrogen-bond donors (Lipinski definition) is 0. The third-order valence-electron chi connectivity index (χ3n) is 2.45. The van der Waals surface area contributed by atoms with Crippen LogP contribution >= 0.6 is 11.8 Å². The van der Waals surface area contributed by atoms with Gasteiger partial charge < -0.3 is 14.9 Å². The number of pyridine rings is 1. The van der Waals surface area contributed by atoms with E-state index in [1.807, 2.05) is 30.3 Å². The molecule has 98 valence electrons. The zero-order chi connectivity index (χ0) is 13.7. The van der Waals surface area contributed by atoms with Gasteiger partial charge in [-0.25, -0.2) is 0 Å². The van der Waals surface area contributed by atoms with Crippen LogP contribution in [-0.2, 0) is 5.75 Å².